The van der Waals surface area contributed by atoms with Crippen LogP contribution in [0.25, 0.3) is 22.0 Å². The fraction of sp³-hybridized carbons (Fsp3) is 0.350. The number of hydrogen-bond acceptors (Lipinski definition) is 6. The largest absolute Gasteiger partial charge is 0.508 e. The van der Waals surface area contributed by atoms with Crippen LogP contribution < -0.4 is 5.32 Å². The van der Waals surface area contributed by atoms with Gasteiger partial charge in [0.15, 0.2) is 5.82 Å². The molecule has 0 amide bonds. The van der Waals surface area contributed by atoms with Crippen LogP contribution in [0.2, 0.25) is 0 Å². The molecule has 6 nitrogen and oxygen atoms in total. The van der Waals surface area contributed by atoms with Crippen molar-refractivity contribution < 1.29 is 23.0 Å². The minimum atomic E-state index is -4.65. The standard InChI is InChI=1S/C20H17F3N4O2/c21-20(22,23)15-7-10(28)1-3-13(15)18-12-5-6-24-9-14(12)19(27-26-18)25-16-8-11-2-4-17(16)29-11/h1,3,5-7,9,11,16-17,28H,2,4,8H2,(H,25,27)/t11?,16-,17?/m1/s1. The Labute approximate surface area is 163 Å². The number of fused-ring (bicyclic) bond motifs is 3. The number of phenols is 1. The number of halogens is 3. The summed E-state index contributed by atoms with van der Waals surface area (Å²) in [5.41, 5.74) is -1.02. The number of aromatic nitrogens is 3. The minimum Gasteiger partial charge on any atom is -0.508 e. The van der Waals surface area contributed by atoms with Crippen molar-refractivity contribution in [3.63, 3.8) is 0 Å². The SMILES string of the molecule is Oc1ccc(-c2nnc(N[C@@H]3CC4CCC3O4)c3cnccc23)c(C(F)(F)F)c1. The molecular formula is C20H17F3N4O2. The number of pyridine rings is 1. The lowest BCUT2D eigenvalue weighted by atomic mass is 9.95. The van der Waals surface area contributed by atoms with E-state index in [2.05, 4.69) is 20.5 Å². The highest BCUT2D eigenvalue weighted by Crippen LogP contribution is 2.41. The predicted octanol–water partition coefficient (Wildman–Crippen LogP) is 4.15. The van der Waals surface area contributed by atoms with Crippen LogP contribution in [0.4, 0.5) is 19.0 Å². The second kappa shape index (κ2) is 6.55. The summed E-state index contributed by atoms with van der Waals surface area (Å²) in [5.74, 6) is 0.0138. The zero-order chi connectivity index (χ0) is 20.2. The topological polar surface area (TPSA) is 80.2 Å². The van der Waals surface area contributed by atoms with Gasteiger partial charge in [0.05, 0.1) is 23.8 Å². The van der Waals surface area contributed by atoms with Gasteiger partial charge in [0, 0.05) is 28.7 Å². The van der Waals surface area contributed by atoms with E-state index in [0.29, 0.717) is 22.7 Å². The molecule has 0 aliphatic carbocycles. The molecule has 2 fully saturated rings. The number of anilines is 1. The molecule has 4 heterocycles. The van der Waals surface area contributed by atoms with E-state index < -0.39 is 17.5 Å². The minimum absolute atomic E-state index is 0.0875. The first kappa shape index (κ1) is 18.1. The molecule has 9 heteroatoms. The number of rotatable bonds is 3. The molecule has 5 rings (SSSR count). The molecule has 29 heavy (non-hydrogen) atoms. The first-order valence-corrected chi connectivity index (χ1v) is 9.33. The van der Waals surface area contributed by atoms with Gasteiger partial charge in [-0.3, -0.25) is 4.98 Å². The number of alkyl halides is 3. The Morgan fingerprint density at radius 2 is 1.97 bits per heavy atom. The number of phenolic OH excluding ortho intramolecular Hbond substituents is 1. The van der Waals surface area contributed by atoms with Gasteiger partial charge in [0.25, 0.3) is 0 Å². The van der Waals surface area contributed by atoms with E-state index >= 15 is 0 Å². The van der Waals surface area contributed by atoms with Gasteiger partial charge in [0.2, 0.25) is 0 Å². The molecule has 150 valence electrons. The van der Waals surface area contributed by atoms with Crippen molar-refractivity contribution in [3.05, 3.63) is 42.2 Å². The third-order valence-electron chi connectivity index (χ3n) is 5.57. The van der Waals surface area contributed by atoms with Crippen LogP contribution in [-0.2, 0) is 10.9 Å². The molecule has 2 aliphatic rings. The molecule has 2 unspecified atom stereocenters. The Bertz CT molecular complexity index is 1090. The van der Waals surface area contributed by atoms with Crippen molar-refractivity contribution in [3.8, 4) is 17.0 Å². The predicted molar refractivity (Wildman–Crippen MR) is 99.4 cm³/mol. The normalized spacial score (nSPS) is 23.6. The Balaban J connectivity index is 1.61. The molecule has 2 N–H and O–H groups in total. The highest BCUT2D eigenvalue weighted by atomic mass is 19.4. The Morgan fingerprint density at radius 1 is 1.10 bits per heavy atom. The van der Waals surface area contributed by atoms with E-state index in [4.69, 9.17) is 4.74 Å². The molecule has 3 atom stereocenters. The maximum atomic E-state index is 13.6. The van der Waals surface area contributed by atoms with Gasteiger partial charge in [-0.25, -0.2) is 0 Å². The van der Waals surface area contributed by atoms with Gasteiger partial charge in [-0.2, -0.15) is 13.2 Å². The lowest BCUT2D eigenvalue weighted by Gasteiger charge is -2.21. The van der Waals surface area contributed by atoms with Gasteiger partial charge < -0.3 is 15.2 Å². The zero-order valence-corrected chi connectivity index (χ0v) is 15.1. The zero-order valence-electron chi connectivity index (χ0n) is 15.1. The summed E-state index contributed by atoms with van der Waals surface area (Å²) in [5, 5.41) is 22.3. The third-order valence-corrected chi connectivity index (χ3v) is 5.57. The second-order valence-electron chi connectivity index (χ2n) is 7.41. The molecule has 0 saturated carbocycles. The first-order chi connectivity index (χ1) is 13.9. The molecular weight excluding hydrogens is 385 g/mol. The third kappa shape index (κ3) is 3.15. The Kier molecular flexibility index (Phi) is 4.09. The van der Waals surface area contributed by atoms with Crippen LogP contribution in [0.5, 0.6) is 5.75 Å². The summed E-state index contributed by atoms with van der Waals surface area (Å²) in [7, 11) is 0. The van der Waals surface area contributed by atoms with E-state index in [0.717, 1.165) is 19.3 Å². The van der Waals surface area contributed by atoms with Crippen molar-refractivity contribution in [1.29, 1.82) is 0 Å². The van der Waals surface area contributed by atoms with Gasteiger partial charge in [-0.15, -0.1) is 10.2 Å². The molecule has 2 aliphatic heterocycles. The van der Waals surface area contributed by atoms with Crippen molar-refractivity contribution in [1.82, 2.24) is 15.2 Å². The van der Waals surface area contributed by atoms with Crippen LogP contribution in [-0.4, -0.2) is 38.5 Å². The number of ether oxygens (including phenoxy) is 1. The van der Waals surface area contributed by atoms with Crippen LogP contribution in [0.3, 0.4) is 0 Å². The van der Waals surface area contributed by atoms with Crippen molar-refractivity contribution in [2.45, 2.75) is 43.7 Å². The molecule has 0 radical (unpaired) electrons. The van der Waals surface area contributed by atoms with Gasteiger partial charge >= 0.3 is 6.18 Å². The van der Waals surface area contributed by atoms with E-state index in [1.165, 1.54) is 18.3 Å². The molecule has 0 spiro atoms. The quantitative estimate of drug-likeness (QED) is 0.685. The average Bonchev–Trinajstić information content (AvgIpc) is 3.31. The number of benzene rings is 1. The molecule has 2 saturated heterocycles. The van der Waals surface area contributed by atoms with Crippen LogP contribution >= 0.6 is 0 Å². The molecule has 3 aromatic rings. The second-order valence-corrected chi connectivity index (χ2v) is 7.41. The average molecular weight is 402 g/mol. The Hall–Kier alpha value is -2.94. The number of hydrogen-bond donors (Lipinski definition) is 2. The van der Waals surface area contributed by atoms with Crippen LogP contribution in [0.15, 0.2) is 36.7 Å². The summed E-state index contributed by atoms with van der Waals surface area (Å²) in [6.07, 6.45) is 1.69. The number of nitrogens with zero attached hydrogens (tertiary/aromatic N) is 3. The van der Waals surface area contributed by atoms with Crippen LogP contribution in [0, 0.1) is 0 Å². The molecule has 2 aromatic heterocycles. The van der Waals surface area contributed by atoms with Crippen LogP contribution in [0.1, 0.15) is 24.8 Å². The summed E-state index contributed by atoms with van der Waals surface area (Å²) >= 11 is 0. The maximum absolute atomic E-state index is 13.6. The fourth-order valence-corrected chi connectivity index (χ4v) is 4.24. The van der Waals surface area contributed by atoms with E-state index in [1.54, 1.807) is 12.3 Å². The van der Waals surface area contributed by atoms with Gasteiger partial charge in [-0.05, 0) is 43.5 Å². The fourth-order valence-electron chi connectivity index (χ4n) is 4.24. The van der Waals surface area contributed by atoms with Gasteiger partial charge in [0.1, 0.15) is 11.4 Å². The van der Waals surface area contributed by atoms with Gasteiger partial charge in [-0.1, -0.05) is 0 Å². The Morgan fingerprint density at radius 3 is 2.69 bits per heavy atom. The lowest BCUT2D eigenvalue weighted by molar-refractivity contribution is -0.137. The molecule has 1 aromatic carbocycles. The number of aromatic hydroxyl groups is 1. The maximum Gasteiger partial charge on any atom is 0.417 e. The summed E-state index contributed by atoms with van der Waals surface area (Å²) in [6, 6.07) is 4.82. The van der Waals surface area contributed by atoms with Crippen molar-refractivity contribution >= 4 is 16.6 Å². The first-order valence-electron chi connectivity index (χ1n) is 9.33. The summed E-state index contributed by atoms with van der Waals surface area (Å²) in [4.78, 5) is 4.11. The lowest BCUT2D eigenvalue weighted by Crippen LogP contribution is -2.31. The monoisotopic (exact) mass is 402 g/mol. The number of nitrogens with one attached hydrogen (secondary N) is 1. The highest BCUT2D eigenvalue weighted by Gasteiger charge is 2.41. The smallest absolute Gasteiger partial charge is 0.417 e. The van der Waals surface area contributed by atoms with E-state index in [-0.39, 0.29) is 29.5 Å². The molecule has 2 bridgehead atoms. The van der Waals surface area contributed by atoms with E-state index in [1.807, 2.05) is 0 Å². The summed E-state index contributed by atoms with van der Waals surface area (Å²) < 4.78 is 46.5. The van der Waals surface area contributed by atoms with Crippen molar-refractivity contribution in [2.24, 2.45) is 0 Å². The van der Waals surface area contributed by atoms with E-state index in [9.17, 15) is 18.3 Å². The highest BCUT2D eigenvalue weighted by molar-refractivity contribution is 6.00. The summed E-state index contributed by atoms with van der Waals surface area (Å²) in [6.45, 7) is 0. The van der Waals surface area contributed by atoms with Crippen molar-refractivity contribution in [2.75, 3.05) is 5.32 Å².